The Labute approximate surface area is 291 Å². The molecule has 0 spiro atoms. The first-order valence-electron chi connectivity index (χ1n) is 17.1. The smallest absolute Gasteiger partial charge is 0.164 e. The van der Waals surface area contributed by atoms with Gasteiger partial charge in [0.2, 0.25) is 0 Å². The first-order chi connectivity index (χ1) is 25.2. The Morgan fingerprint density at radius 2 is 1.04 bits per heavy atom. The summed E-state index contributed by atoms with van der Waals surface area (Å²) in [6, 6.07) is 43.3. The summed E-state index contributed by atoms with van der Waals surface area (Å²) in [7, 11) is 0. The summed E-state index contributed by atoms with van der Waals surface area (Å²) >= 11 is 0. The molecule has 6 heteroatoms. The van der Waals surface area contributed by atoms with E-state index in [9.17, 15) is 0 Å². The summed E-state index contributed by atoms with van der Waals surface area (Å²) in [6.07, 6.45) is 6.24. The van der Waals surface area contributed by atoms with Crippen molar-refractivity contribution in [3.63, 3.8) is 0 Å². The quantitative estimate of drug-likeness (QED) is 0.187. The highest BCUT2D eigenvalue weighted by Crippen LogP contribution is 2.39. The molecule has 0 unspecified atom stereocenters. The van der Waals surface area contributed by atoms with Crippen LogP contribution >= 0.6 is 0 Å². The SMILES string of the molecule is C1=Cc2oc3cc(-c4nc(-c5ccccc5)nc(-c5ccc6c(c5)oc5cc(-c7cccc8c7oc7ccccc78)ccc56)n4)ccc3c2CC1. The Kier molecular flexibility index (Phi) is 5.98. The molecular weight excluding hydrogens is 631 g/mol. The van der Waals surface area contributed by atoms with Crippen LogP contribution in [-0.4, -0.2) is 15.0 Å². The zero-order valence-corrected chi connectivity index (χ0v) is 27.3. The van der Waals surface area contributed by atoms with Crippen molar-refractivity contribution in [2.24, 2.45) is 0 Å². The summed E-state index contributed by atoms with van der Waals surface area (Å²) in [4.78, 5) is 14.9. The van der Waals surface area contributed by atoms with Crippen molar-refractivity contribution in [1.82, 2.24) is 15.0 Å². The topological polar surface area (TPSA) is 78.1 Å². The number of aryl methyl sites for hydroxylation is 1. The second-order valence-corrected chi connectivity index (χ2v) is 13.1. The molecule has 4 aromatic heterocycles. The number of furan rings is 3. The number of para-hydroxylation sites is 2. The molecule has 0 bridgehead atoms. The van der Waals surface area contributed by atoms with Crippen molar-refractivity contribution in [2.75, 3.05) is 0 Å². The van der Waals surface area contributed by atoms with E-state index >= 15 is 0 Å². The van der Waals surface area contributed by atoms with Gasteiger partial charge in [-0.05, 0) is 60.9 Å². The fourth-order valence-corrected chi connectivity index (χ4v) is 7.53. The van der Waals surface area contributed by atoms with Gasteiger partial charge in [-0.1, -0.05) is 97.1 Å². The molecule has 0 saturated heterocycles. The van der Waals surface area contributed by atoms with E-state index in [0.717, 1.165) is 101 Å². The van der Waals surface area contributed by atoms with Crippen LogP contribution in [0.5, 0.6) is 0 Å². The van der Waals surface area contributed by atoms with Crippen molar-refractivity contribution in [1.29, 1.82) is 0 Å². The van der Waals surface area contributed by atoms with Crippen molar-refractivity contribution in [2.45, 2.75) is 12.8 Å². The number of allylic oxidation sites excluding steroid dienone is 1. The monoisotopic (exact) mass is 657 g/mol. The van der Waals surface area contributed by atoms with E-state index in [4.69, 9.17) is 28.2 Å². The van der Waals surface area contributed by atoms with Crippen molar-refractivity contribution in [3.8, 4) is 45.3 Å². The maximum Gasteiger partial charge on any atom is 0.164 e. The molecule has 6 aromatic carbocycles. The third-order valence-corrected chi connectivity index (χ3v) is 10.0. The van der Waals surface area contributed by atoms with E-state index < -0.39 is 0 Å². The molecule has 1 aliphatic carbocycles. The van der Waals surface area contributed by atoms with E-state index in [1.807, 2.05) is 60.7 Å². The van der Waals surface area contributed by atoms with Crippen LogP contribution < -0.4 is 0 Å². The molecule has 0 atom stereocenters. The second-order valence-electron chi connectivity index (χ2n) is 13.1. The lowest BCUT2D eigenvalue weighted by Crippen LogP contribution is -2.00. The Morgan fingerprint density at radius 3 is 1.82 bits per heavy atom. The number of aromatic nitrogens is 3. The van der Waals surface area contributed by atoms with Gasteiger partial charge in [-0.25, -0.2) is 15.0 Å². The normalized spacial score (nSPS) is 12.9. The maximum absolute atomic E-state index is 6.55. The number of hydrogen-bond acceptors (Lipinski definition) is 6. The minimum atomic E-state index is 0.570. The zero-order chi connectivity index (χ0) is 33.5. The summed E-state index contributed by atoms with van der Waals surface area (Å²) in [6.45, 7) is 0. The largest absolute Gasteiger partial charge is 0.456 e. The third-order valence-electron chi connectivity index (χ3n) is 10.0. The number of hydrogen-bond donors (Lipinski definition) is 0. The first-order valence-corrected chi connectivity index (χ1v) is 17.1. The zero-order valence-electron chi connectivity index (χ0n) is 27.3. The van der Waals surface area contributed by atoms with Crippen LogP contribution in [-0.2, 0) is 6.42 Å². The van der Waals surface area contributed by atoms with E-state index in [1.165, 1.54) is 5.56 Å². The molecule has 0 amide bonds. The average molecular weight is 658 g/mol. The molecule has 10 aromatic rings. The number of rotatable bonds is 4. The van der Waals surface area contributed by atoms with Gasteiger partial charge in [-0.3, -0.25) is 0 Å². The van der Waals surface area contributed by atoms with Crippen LogP contribution in [0.4, 0.5) is 0 Å². The fraction of sp³-hybridized carbons (Fsp3) is 0.0444. The van der Waals surface area contributed by atoms with Gasteiger partial charge >= 0.3 is 0 Å². The van der Waals surface area contributed by atoms with Gasteiger partial charge in [0.1, 0.15) is 33.7 Å². The summed E-state index contributed by atoms with van der Waals surface area (Å²) < 4.78 is 19.1. The highest BCUT2D eigenvalue weighted by atomic mass is 16.3. The Hall–Kier alpha value is -6.79. The van der Waals surface area contributed by atoms with Gasteiger partial charge in [-0.2, -0.15) is 0 Å². The Balaban J connectivity index is 1.03. The van der Waals surface area contributed by atoms with Crippen LogP contribution in [0.15, 0.2) is 147 Å². The predicted octanol–water partition coefficient (Wildman–Crippen LogP) is 12.0. The Bertz CT molecular complexity index is 3040. The van der Waals surface area contributed by atoms with Gasteiger partial charge in [-0.15, -0.1) is 0 Å². The van der Waals surface area contributed by atoms with Crippen LogP contribution in [0.25, 0.3) is 106 Å². The molecule has 0 saturated carbocycles. The van der Waals surface area contributed by atoms with Gasteiger partial charge < -0.3 is 13.3 Å². The summed E-state index contributed by atoms with van der Waals surface area (Å²) in [5.74, 6) is 2.69. The molecule has 4 heterocycles. The summed E-state index contributed by atoms with van der Waals surface area (Å²) in [5, 5.41) is 5.43. The highest BCUT2D eigenvalue weighted by molar-refractivity contribution is 6.11. The van der Waals surface area contributed by atoms with Crippen molar-refractivity contribution < 1.29 is 13.3 Å². The molecular formula is C45H27N3O3. The molecule has 0 fully saturated rings. The molecule has 11 rings (SSSR count). The summed E-state index contributed by atoms with van der Waals surface area (Å²) in [5.41, 5.74) is 10.1. The highest BCUT2D eigenvalue weighted by Gasteiger charge is 2.19. The van der Waals surface area contributed by atoms with E-state index in [0.29, 0.717) is 17.5 Å². The minimum Gasteiger partial charge on any atom is -0.456 e. The lowest BCUT2D eigenvalue weighted by molar-refractivity contribution is 0.595. The number of benzene rings is 6. The third kappa shape index (κ3) is 4.46. The molecule has 0 radical (unpaired) electrons. The van der Waals surface area contributed by atoms with Crippen LogP contribution in [0.1, 0.15) is 17.7 Å². The predicted molar refractivity (Wildman–Crippen MR) is 203 cm³/mol. The molecule has 6 nitrogen and oxygen atoms in total. The fourth-order valence-electron chi connectivity index (χ4n) is 7.53. The van der Waals surface area contributed by atoms with Crippen LogP contribution in [0.2, 0.25) is 0 Å². The van der Waals surface area contributed by atoms with Gasteiger partial charge in [0.25, 0.3) is 0 Å². The average Bonchev–Trinajstić information content (AvgIpc) is 3.88. The minimum absolute atomic E-state index is 0.570. The second kappa shape index (κ2) is 10.9. The van der Waals surface area contributed by atoms with Crippen molar-refractivity contribution >= 4 is 60.9 Å². The lowest BCUT2D eigenvalue weighted by atomic mass is 10.0. The van der Waals surface area contributed by atoms with Gasteiger partial charge in [0.05, 0.1) is 0 Å². The van der Waals surface area contributed by atoms with Crippen LogP contribution in [0.3, 0.4) is 0 Å². The molecule has 240 valence electrons. The van der Waals surface area contributed by atoms with Gasteiger partial charge in [0.15, 0.2) is 17.5 Å². The number of nitrogens with zero attached hydrogens (tertiary/aromatic N) is 3. The van der Waals surface area contributed by atoms with E-state index in [2.05, 4.69) is 78.9 Å². The lowest BCUT2D eigenvalue weighted by Gasteiger charge is -2.08. The molecule has 1 aliphatic rings. The standard InChI is InChI=1S/C45H27N3O3/c1-2-9-26(10-3-1)43-46-44(28-18-21-33-31-11-4-6-15-37(31)49-40(33)24-28)48-45(47-43)29-19-22-35-34-20-17-27(23-39(34)50-41(35)25-29)30-13-8-14-36-32-12-5-7-16-38(32)51-42(30)36/h1-3,5-10,12-25H,4,11H2. The van der Waals surface area contributed by atoms with E-state index in [1.54, 1.807) is 0 Å². The Morgan fingerprint density at radius 1 is 0.431 bits per heavy atom. The van der Waals surface area contributed by atoms with Crippen molar-refractivity contribution in [3.05, 3.63) is 145 Å². The maximum atomic E-state index is 6.55. The molecule has 51 heavy (non-hydrogen) atoms. The number of fused-ring (bicyclic) bond motifs is 9. The van der Waals surface area contributed by atoms with Gasteiger partial charge in [0, 0.05) is 54.7 Å². The first kappa shape index (κ1) is 28.1. The van der Waals surface area contributed by atoms with Crippen LogP contribution in [0, 0.1) is 0 Å². The molecule has 0 N–H and O–H groups in total. The molecule has 0 aliphatic heterocycles. The van der Waals surface area contributed by atoms with E-state index in [-0.39, 0.29) is 0 Å².